The maximum atomic E-state index is 11.8. The van der Waals surface area contributed by atoms with Gasteiger partial charge in [-0.1, -0.05) is 36.4 Å². The standard InChI is InChI=1S/C20H26N2O2S/c1-16-4-3-14-22(16)15-13-17-5-7-18(8-6-17)19-9-11-20(12-10-19)25(23,24)21-2/h5-12,16,21H,3-4,13-15H2,1-2H3. The van der Waals surface area contributed by atoms with Crippen molar-refractivity contribution in [1.29, 1.82) is 0 Å². The van der Waals surface area contributed by atoms with Gasteiger partial charge in [0.05, 0.1) is 4.90 Å². The highest BCUT2D eigenvalue weighted by Crippen LogP contribution is 2.22. The van der Waals surface area contributed by atoms with Crippen molar-refractivity contribution in [2.24, 2.45) is 0 Å². The highest BCUT2D eigenvalue weighted by molar-refractivity contribution is 7.89. The van der Waals surface area contributed by atoms with E-state index in [9.17, 15) is 8.42 Å². The van der Waals surface area contributed by atoms with Crippen LogP contribution < -0.4 is 4.72 Å². The van der Waals surface area contributed by atoms with E-state index in [4.69, 9.17) is 0 Å². The molecule has 1 unspecified atom stereocenters. The summed E-state index contributed by atoms with van der Waals surface area (Å²) in [6.45, 7) is 4.66. The predicted octanol–water partition coefficient (Wildman–Crippen LogP) is 3.29. The van der Waals surface area contributed by atoms with Crippen molar-refractivity contribution < 1.29 is 8.42 Å². The molecule has 0 aliphatic carbocycles. The fraction of sp³-hybridized carbons (Fsp3) is 0.400. The summed E-state index contributed by atoms with van der Waals surface area (Å²) in [6.07, 6.45) is 3.71. The molecule has 0 bridgehead atoms. The molecule has 25 heavy (non-hydrogen) atoms. The topological polar surface area (TPSA) is 49.4 Å². The van der Waals surface area contributed by atoms with E-state index in [-0.39, 0.29) is 4.90 Å². The third-order valence-corrected chi connectivity index (χ3v) is 6.53. The second-order valence-corrected chi connectivity index (χ2v) is 8.59. The molecule has 3 rings (SSSR count). The Balaban J connectivity index is 1.66. The Morgan fingerprint density at radius 1 is 1.04 bits per heavy atom. The van der Waals surface area contributed by atoms with Gasteiger partial charge in [-0.2, -0.15) is 0 Å². The van der Waals surface area contributed by atoms with Gasteiger partial charge in [0, 0.05) is 12.6 Å². The SMILES string of the molecule is CNS(=O)(=O)c1ccc(-c2ccc(CCN3CCCC3C)cc2)cc1. The molecule has 2 aromatic rings. The number of nitrogens with one attached hydrogen (secondary N) is 1. The molecule has 1 atom stereocenters. The highest BCUT2D eigenvalue weighted by atomic mass is 32.2. The van der Waals surface area contributed by atoms with Crippen LogP contribution in [-0.4, -0.2) is 39.5 Å². The average Bonchev–Trinajstić information content (AvgIpc) is 3.05. The summed E-state index contributed by atoms with van der Waals surface area (Å²) in [5.74, 6) is 0. The number of rotatable bonds is 6. The zero-order valence-corrected chi connectivity index (χ0v) is 15.7. The molecule has 1 saturated heterocycles. The Hall–Kier alpha value is -1.69. The van der Waals surface area contributed by atoms with Crippen LogP contribution in [0.3, 0.4) is 0 Å². The Labute approximate surface area is 150 Å². The summed E-state index contributed by atoms with van der Waals surface area (Å²) < 4.78 is 25.9. The maximum absolute atomic E-state index is 11.8. The summed E-state index contributed by atoms with van der Waals surface area (Å²) in [6, 6.07) is 16.3. The molecule has 1 fully saturated rings. The van der Waals surface area contributed by atoms with E-state index in [2.05, 4.69) is 40.8 Å². The van der Waals surface area contributed by atoms with Crippen LogP contribution in [-0.2, 0) is 16.4 Å². The van der Waals surface area contributed by atoms with Gasteiger partial charge in [-0.3, -0.25) is 0 Å². The van der Waals surface area contributed by atoms with Gasteiger partial charge in [0.2, 0.25) is 10.0 Å². The fourth-order valence-corrected chi connectivity index (χ4v) is 4.14. The number of hydrogen-bond donors (Lipinski definition) is 1. The van der Waals surface area contributed by atoms with Crippen molar-refractivity contribution in [2.45, 2.75) is 37.1 Å². The minimum atomic E-state index is -3.38. The van der Waals surface area contributed by atoms with Gasteiger partial charge >= 0.3 is 0 Å². The smallest absolute Gasteiger partial charge is 0.240 e. The van der Waals surface area contributed by atoms with Gasteiger partial charge in [-0.15, -0.1) is 0 Å². The minimum Gasteiger partial charge on any atom is -0.300 e. The molecule has 1 N–H and O–H groups in total. The molecule has 0 radical (unpaired) electrons. The normalized spacial score (nSPS) is 18.6. The van der Waals surface area contributed by atoms with Gasteiger partial charge in [0.15, 0.2) is 0 Å². The summed E-state index contributed by atoms with van der Waals surface area (Å²) in [5, 5.41) is 0. The molecule has 0 amide bonds. The van der Waals surface area contributed by atoms with Crippen LogP contribution in [0.4, 0.5) is 0 Å². The lowest BCUT2D eigenvalue weighted by atomic mass is 10.0. The molecule has 2 aromatic carbocycles. The van der Waals surface area contributed by atoms with Crippen LogP contribution in [0.1, 0.15) is 25.3 Å². The predicted molar refractivity (Wildman–Crippen MR) is 102 cm³/mol. The van der Waals surface area contributed by atoms with Crippen LogP contribution in [0.15, 0.2) is 53.4 Å². The molecule has 0 spiro atoms. The van der Waals surface area contributed by atoms with E-state index < -0.39 is 10.0 Å². The van der Waals surface area contributed by atoms with Crippen LogP contribution >= 0.6 is 0 Å². The summed E-state index contributed by atoms with van der Waals surface area (Å²) in [4.78, 5) is 2.85. The number of hydrogen-bond acceptors (Lipinski definition) is 3. The maximum Gasteiger partial charge on any atom is 0.240 e. The van der Waals surface area contributed by atoms with E-state index in [1.165, 1.54) is 32.0 Å². The second-order valence-electron chi connectivity index (χ2n) is 6.71. The van der Waals surface area contributed by atoms with Crippen LogP contribution in [0.25, 0.3) is 11.1 Å². The molecule has 5 heteroatoms. The monoisotopic (exact) mass is 358 g/mol. The summed E-state index contributed by atoms with van der Waals surface area (Å²) >= 11 is 0. The largest absolute Gasteiger partial charge is 0.300 e. The average molecular weight is 359 g/mol. The molecule has 0 aromatic heterocycles. The first-order valence-electron chi connectivity index (χ1n) is 8.86. The number of sulfonamides is 1. The van der Waals surface area contributed by atoms with Gasteiger partial charge in [-0.05, 0) is 68.6 Å². The summed E-state index contributed by atoms with van der Waals surface area (Å²) in [7, 11) is -1.96. The van der Waals surface area contributed by atoms with E-state index in [1.54, 1.807) is 12.1 Å². The zero-order chi connectivity index (χ0) is 17.9. The second kappa shape index (κ2) is 7.68. The van der Waals surface area contributed by atoms with Crippen molar-refractivity contribution in [2.75, 3.05) is 20.1 Å². The van der Waals surface area contributed by atoms with Crippen LogP contribution in [0.2, 0.25) is 0 Å². The van der Waals surface area contributed by atoms with Gasteiger partial charge in [-0.25, -0.2) is 13.1 Å². The highest BCUT2D eigenvalue weighted by Gasteiger charge is 2.19. The third-order valence-electron chi connectivity index (χ3n) is 5.10. The fourth-order valence-electron chi connectivity index (χ4n) is 3.41. The molecule has 0 saturated carbocycles. The molecule has 4 nitrogen and oxygen atoms in total. The van der Waals surface area contributed by atoms with Crippen molar-refractivity contribution in [3.05, 3.63) is 54.1 Å². The van der Waals surface area contributed by atoms with Crippen molar-refractivity contribution in [3.63, 3.8) is 0 Å². The Kier molecular flexibility index (Phi) is 5.57. The van der Waals surface area contributed by atoms with Gasteiger partial charge in [0.25, 0.3) is 0 Å². The molecular formula is C20H26N2O2S. The number of benzene rings is 2. The lowest BCUT2D eigenvalue weighted by Gasteiger charge is -2.20. The van der Waals surface area contributed by atoms with Crippen molar-refractivity contribution in [3.8, 4) is 11.1 Å². The Morgan fingerprint density at radius 2 is 1.64 bits per heavy atom. The van der Waals surface area contributed by atoms with E-state index in [0.29, 0.717) is 6.04 Å². The van der Waals surface area contributed by atoms with Crippen molar-refractivity contribution in [1.82, 2.24) is 9.62 Å². The molecular weight excluding hydrogens is 332 g/mol. The lowest BCUT2D eigenvalue weighted by Crippen LogP contribution is -2.28. The molecule has 1 aliphatic heterocycles. The first kappa shape index (κ1) is 18.1. The number of nitrogens with zero attached hydrogens (tertiary/aromatic N) is 1. The van der Waals surface area contributed by atoms with Crippen LogP contribution in [0.5, 0.6) is 0 Å². The third kappa shape index (κ3) is 4.29. The lowest BCUT2D eigenvalue weighted by molar-refractivity contribution is 0.272. The van der Waals surface area contributed by atoms with Crippen molar-refractivity contribution >= 4 is 10.0 Å². The number of likely N-dealkylation sites (tertiary alicyclic amines) is 1. The van der Waals surface area contributed by atoms with Gasteiger partial charge < -0.3 is 4.90 Å². The minimum absolute atomic E-state index is 0.287. The van der Waals surface area contributed by atoms with E-state index in [1.807, 2.05) is 12.1 Å². The molecule has 134 valence electrons. The van der Waals surface area contributed by atoms with E-state index in [0.717, 1.165) is 24.1 Å². The first-order valence-corrected chi connectivity index (χ1v) is 10.3. The van der Waals surface area contributed by atoms with Gasteiger partial charge in [0.1, 0.15) is 0 Å². The quantitative estimate of drug-likeness (QED) is 0.862. The molecule has 1 aliphatic rings. The van der Waals surface area contributed by atoms with Crippen LogP contribution in [0, 0.1) is 0 Å². The van der Waals surface area contributed by atoms with E-state index >= 15 is 0 Å². The first-order chi connectivity index (χ1) is 12.0. The molecule has 1 heterocycles. The Morgan fingerprint density at radius 3 is 2.16 bits per heavy atom. The zero-order valence-electron chi connectivity index (χ0n) is 14.9. The Bertz CT molecular complexity index is 799. The summed E-state index contributed by atoms with van der Waals surface area (Å²) in [5.41, 5.74) is 3.47.